The van der Waals surface area contributed by atoms with Gasteiger partial charge in [0.25, 0.3) is 17.4 Å². The van der Waals surface area contributed by atoms with Crippen molar-refractivity contribution in [1.29, 1.82) is 0 Å². The van der Waals surface area contributed by atoms with E-state index < -0.39 is 35.0 Å². The summed E-state index contributed by atoms with van der Waals surface area (Å²) in [7, 11) is 0. The van der Waals surface area contributed by atoms with Gasteiger partial charge < -0.3 is 10.6 Å². The number of carbonyl (C=O) groups is 3. The van der Waals surface area contributed by atoms with Crippen LogP contribution in [-0.2, 0) is 11.3 Å². The minimum absolute atomic E-state index is 0.125. The van der Waals surface area contributed by atoms with E-state index in [2.05, 4.69) is 4.98 Å². The number of carbonyl (C=O) groups excluding carboxylic acids is 3. The predicted molar refractivity (Wildman–Crippen MR) is 124 cm³/mol. The third kappa shape index (κ3) is 4.20. The number of nitrogen functional groups attached to an aromatic ring is 1. The van der Waals surface area contributed by atoms with Gasteiger partial charge in [-0.15, -0.1) is 0 Å². The van der Waals surface area contributed by atoms with E-state index in [4.69, 9.17) is 5.73 Å². The molecule has 10 heteroatoms. The van der Waals surface area contributed by atoms with Crippen molar-refractivity contribution in [2.24, 2.45) is 0 Å². The summed E-state index contributed by atoms with van der Waals surface area (Å²) in [5.74, 6) is -1.88. The van der Waals surface area contributed by atoms with Gasteiger partial charge in [0.05, 0.1) is 11.1 Å². The number of aromatic nitrogens is 2. The molecule has 2 aromatic rings. The molecule has 176 valence electrons. The van der Waals surface area contributed by atoms with Crippen molar-refractivity contribution in [2.45, 2.75) is 59.5 Å². The van der Waals surface area contributed by atoms with Gasteiger partial charge in [-0.2, -0.15) is 0 Å². The number of amides is 3. The van der Waals surface area contributed by atoms with E-state index in [0.717, 1.165) is 16.9 Å². The van der Waals surface area contributed by atoms with E-state index >= 15 is 0 Å². The normalized spacial score (nSPS) is 13.9. The molecule has 1 aromatic heterocycles. The second kappa shape index (κ2) is 9.43. The van der Waals surface area contributed by atoms with Crippen molar-refractivity contribution >= 4 is 29.2 Å². The highest BCUT2D eigenvalue weighted by atomic mass is 16.2. The first-order valence-electron chi connectivity index (χ1n) is 11.1. The SMILES string of the molecule is CCCCN(C(=O)[C@@H](C)N1C(=O)c2ccc(C)cc2C1=O)c1c(N)n(CCC)c(=O)[nH]c1=O. The Hall–Kier alpha value is -3.69. The van der Waals surface area contributed by atoms with Crippen molar-refractivity contribution in [1.82, 2.24) is 14.5 Å². The van der Waals surface area contributed by atoms with Gasteiger partial charge in [-0.1, -0.05) is 31.9 Å². The summed E-state index contributed by atoms with van der Waals surface area (Å²) in [5, 5.41) is 0. The van der Waals surface area contributed by atoms with Crippen LogP contribution in [0.5, 0.6) is 0 Å². The molecular formula is C23H29N5O5. The van der Waals surface area contributed by atoms with Crippen molar-refractivity contribution in [2.75, 3.05) is 17.2 Å². The van der Waals surface area contributed by atoms with E-state index in [-0.39, 0.29) is 35.7 Å². The number of benzene rings is 1. The van der Waals surface area contributed by atoms with Crippen molar-refractivity contribution in [3.8, 4) is 0 Å². The Morgan fingerprint density at radius 2 is 1.76 bits per heavy atom. The van der Waals surface area contributed by atoms with E-state index in [1.165, 1.54) is 16.4 Å². The van der Waals surface area contributed by atoms with Crippen LogP contribution in [0.3, 0.4) is 0 Å². The van der Waals surface area contributed by atoms with Crippen molar-refractivity contribution < 1.29 is 14.4 Å². The fourth-order valence-electron chi connectivity index (χ4n) is 3.99. The van der Waals surface area contributed by atoms with Crippen LogP contribution in [0.2, 0.25) is 0 Å². The highest BCUT2D eigenvalue weighted by Crippen LogP contribution is 2.27. The average molecular weight is 456 g/mol. The van der Waals surface area contributed by atoms with Crippen LogP contribution < -0.4 is 21.9 Å². The lowest BCUT2D eigenvalue weighted by molar-refractivity contribution is -0.122. The molecule has 0 saturated carbocycles. The lowest BCUT2D eigenvalue weighted by Crippen LogP contribution is -2.51. The molecule has 0 radical (unpaired) electrons. The molecule has 33 heavy (non-hydrogen) atoms. The summed E-state index contributed by atoms with van der Waals surface area (Å²) in [6.45, 7) is 7.42. The molecule has 1 aliphatic heterocycles. The van der Waals surface area contributed by atoms with Crippen LogP contribution in [0, 0.1) is 6.92 Å². The number of nitrogens with one attached hydrogen (secondary N) is 1. The zero-order valence-electron chi connectivity index (χ0n) is 19.3. The number of imide groups is 1. The number of aromatic amines is 1. The maximum Gasteiger partial charge on any atom is 0.330 e. The second-order valence-electron chi connectivity index (χ2n) is 8.19. The average Bonchev–Trinajstić information content (AvgIpc) is 3.01. The number of fused-ring (bicyclic) bond motifs is 1. The zero-order chi connectivity index (χ0) is 24.4. The lowest BCUT2D eigenvalue weighted by Gasteiger charge is -2.30. The fourth-order valence-corrected chi connectivity index (χ4v) is 3.99. The Bertz CT molecular complexity index is 1230. The Morgan fingerprint density at radius 1 is 1.09 bits per heavy atom. The summed E-state index contributed by atoms with van der Waals surface area (Å²) in [5.41, 5.74) is 5.87. The van der Waals surface area contributed by atoms with Crippen LogP contribution in [0.4, 0.5) is 11.5 Å². The van der Waals surface area contributed by atoms with Crippen LogP contribution in [-0.4, -0.2) is 44.8 Å². The van der Waals surface area contributed by atoms with E-state index in [1.807, 2.05) is 20.8 Å². The monoisotopic (exact) mass is 455 g/mol. The number of aryl methyl sites for hydroxylation is 1. The van der Waals surface area contributed by atoms with Gasteiger partial charge in [0.15, 0.2) is 5.69 Å². The topological polar surface area (TPSA) is 139 Å². The maximum atomic E-state index is 13.6. The van der Waals surface area contributed by atoms with Crippen molar-refractivity contribution in [3.63, 3.8) is 0 Å². The number of unbranched alkanes of at least 4 members (excludes halogenated alkanes) is 1. The molecule has 3 N–H and O–H groups in total. The quantitative estimate of drug-likeness (QED) is 0.581. The number of H-pyrrole nitrogens is 1. The summed E-state index contributed by atoms with van der Waals surface area (Å²) in [6, 6.07) is 3.73. The van der Waals surface area contributed by atoms with Gasteiger partial charge >= 0.3 is 5.69 Å². The molecule has 10 nitrogen and oxygen atoms in total. The molecule has 1 aromatic carbocycles. The highest BCUT2D eigenvalue weighted by molar-refractivity contribution is 6.23. The smallest absolute Gasteiger partial charge is 0.330 e. The number of hydrogen-bond acceptors (Lipinski definition) is 6. The summed E-state index contributed by atoms with van der Waals surface area (Å²) >= 11 is 0. The molecule has 2 heterocycles. The van der Waals surface area contributed by atoms with Gasteiger partial charge in [-0.05, 0) is 38.8 Å². The van der Waals surface area contributed by atoms with Gasteiger partial charge in [0, 0.05) is 13.1 Å². The first-order chi connectivity index (χ1) is 15.6. The third-order valence-corrected chi connectivity index (χ3v) is 5.75. The van der Waals surface area contributed by atoms with Crippen molar-refractivity contribution in [3.05, 3.63) is 55.7 Å². The van der Waals surface area contributed by atoms with Gasteiger partial charge in [0.2, 0.25) is 5.91 Å². The Morgan fingerprint density at radius 3 is 2.39 bits per heavy atom. The molecule has 3 amide bonds. The van der Waals surface area contributed by atoms with Crippen LogP contribution in [0.1, 0.15) is 66.3 Å². The number of anilines is 2. The summed E-state index contributed by atoms with van der Waals surface area (Å²) in [6.07, 6.45) is 1.85. The van der Waals surface area contributed by atoms with Gasteiger partial charge in [-0.25, -0.2) is 4.79 Å². The lowest BCUT2D eigenvalue weighted by atomic mass is 10.1. The zero-order valence-corrected chi connectivity index (χ0v) is 19.3. The van der Waals surface area contributed by atoms with Crippen LogP contribution in [0.25, 0.3) is 0 Å². The van der Waals surface area contributed by atoms with Gasteiger partial charge in [-0.3, -0.25) is 33.6 Å². The molecule has 1 aliphatic rings. The minimum Gasteiger partial charge on any atom is -0.383 e. The molecule has 0 fully saturated rings. The fraction of sp³-hybridized carbons (Fsp3) is 0.435. The summed E-state index contributed by atoms with van der Waals surface area (Å²) in [4.78, 5) is 68.8. The Balaban J connectivity index is 2.05. The first kappa shape index (κ1) is 24.0. The molecule has 3 rings (SSSR count). The largest absolute Gasteiger partial charge is 0.383 e. The molecule has 0 saturated heterocycles. The number of rotatable bonds is 8. The number of nitrogens with zero attached hydrogens (tertiary/aromatic N) is 3. The van der Waals surface area contributed by atoms with E-state index in [0.29, 0.717) is 12.8 Å². The first-order valence-corrected chi connectivity index (χ1v) is 11.1. The molecule has 0 unspecified atom stereocenters. The third-order valence-electron chi connectivity index (χ3n) is 5.75. The molecule has 0 aliphatic carbocycles. The molecular weight excluding hydrogens is 426 g/mol. The second-order valence-corrected chi connectivity index (χ2v) is 8.19. The predicted octanol–water partition coefficient (Wildman–Crippen LogP) is 1.66. The minimum atomic E-state index is -1.18. The standard InChI is InChI=1S/C23H29N5O5/c1-5-7-11-26(17-18(24)27(10-6-2)23(33)25-19(17)29)20(30)14(4)28-21(31)15-9-8-13(3)12-16(15)22(28)32/h8-9,12,14H,5-7,10-11,24H2,1-4H3,(H,25,29,33)/t14-/m1/s1. The maximum absolute atomic E-state index is 13.6. The van der Waals surface area contributed by atoms with E-state index in [1.54, 1.807) is 18.2 Å². The molecule has 1 atom stereocenters. The highest BCUT2D eigenvalue weighted by Gasteiger charge is 2.42. The van der Waals surface area contributed by atoms with Crippen LogP contribution in [0.15, 0.2) is 27.8 Å². The summed E-state index contributed by atoms with van der Waals surface area (Å²) < 4.78 is 1.21. The number of hydrogen-bond donors (Lipinski definition) is 2. The molecule has 0 bridgehead atoms. The Kier molecular flexibility index (Phi) is 6.85. The number of nitrogens with two attached hydrogens (primary N) is 1. The molecule has 0 spiro atoms. The van der Waals surface area contributed by atoms with Gasteiger partial charge in [0.1, 0.15) is 11.9 Å². The Labute approximate surface area is 191 Å². The van der Waals surface area contributed by atoms with Crippen LogP contribution >= 0.6 is 0 Å². The van der Waals surface area contributed by atoms with E-state index in [9.17, 15) is 24.0 Å².